The van der Waals surface area contributed by atoms with E-state index in [9.17, 15) is 4.79 Å². The van der Waals surface area contributed by atoms with Gasteiger partial charge in [-0.2, -0.15) is 0 Å². The summed E-state index contributed by atoms with van der Waals surface area (Å²) in [7, 11) is 0. The van der Waals surface area contributed by atoms with Crippen LogP contribution in [0.5, 0.6) is 5.75 Å². The zero-order valence-corrected chi connectivity index (χ0v) is 14.6. The number of fused-ring (bicyclic) bond motifs is 5. The molecular weight excluding hydrogens is 354 g/mol. The SMILES string of the molecule is O=C1Nc2cccc(n2)-c2nncn2CCCCOc2ccc(Cl)cc21. The van der Waals surface area contributed by atoms with Gasteiger partial charge in [-0.1, -0.05) is 17.7 Å². The van der Waals surface area contributed by atoms with Crippen LogP contribution >= 0.6 is 11.6 Å². The van der Waals surface area contributed by atoms with Crippen molar-refractivity contribution in [1.82, 2.24) is 19.7 Å². The largest absolute Gasteiger partial charge is 0.493 e. The highest BCUT2D eigenvalue weighted by molar-refractivity contribution is 6.31. The predicted molar refractivity (Wildman–Crippen MR) is 97.4 cm³/mol. The number of ether oxygens (including phenoxy) is 1. The number of hydrogen-bond donors (Lipinski definition) is 1. The van der Waals surface area contributed by atoms with E-state index in [4.69, 9.17) is 16.3 Å². The molecule has 1 aliphatic rings. The first-order valence-electron chi connectivity index (χ1n) is 8.30. The predicted octanol–water partition coefficient (Wildman–Crippen LogP) is 3.42. The maximum Gasteiger partial charge on any atom is 0.260 e. The van der Waals surface area contributed by atoms with E-state index in [2.05, 4.69) is 20.5 Å². The fourth-order valence-electron chi connectivity index (χ4n) is 2.80. The lowest BCUT2D eigenvalue weighted by molar-refractivity contribution is 0.102. The van der Waals surface area contributed by atoms with Crippen molar-refractivity contribution in [2.75, 3.05) is 11.9 Å². The molecule has 0 atom stereocenters. The van der Waals surface area contributed by atoms with Gasteiger partial charge < -0.3 is 14.6 Å². The molecule has 1 N–H and O–H groups in total. The quantitative estimate of drug-likeness (QED) is 0.656. The number of aromatic nitrogens is 4. The third-order valence-corrected chi connectivity index (χ3v) is 4.31. The average molecular weight is 370 g/mol. The summed E-state index contributed by atoms with van der Waals surface area (Å²) in [6.45, 7) is 1.26. The zero-order valence-electron chi connectivity index (χ0n) is 13.9. The number of rotatable bonds is 0. The number of nitrogens with zero attached hydrogens (tertiary/aromatic N) is 4. The van der Waals surface area contributed by atoms with Gasteiger partial charge in [-0.05, 0) is 43.2 Å². The van der Waals surface area contributed by atoms with Crippen LogP contribution in [-0.4, -0.2) is 32.3 Å². The lowest BCUT2D eigenvalue weighted by Gasteiger charge is -2.14. The van der Waals surface area contributed by atoms with Gasteiger partial charge in [0.1, 0.15) is 23.6 Å². The summed E-state index contributed by atoms with van der Waals surface area (Å²) in [5, 5.41) is 11.4. The number of anilines is 1. The smallest absolute Gasteiger partial charge is 0.260 e. The molecule has 4 rings (SSSR count). The van der Waals surface area contributed by atoms with Crippen LogP contribution < -0.4 is 10.1 Å². The molecule has 0 unspecified atom stereocenters. The number of benzene rings is 1. The van der Waals surface area contributed by atoms with E-state index >= 15 is 0 Å². The van der Waals surface area contributed by atoms with Crippen molar-refractivity contribution in [2.24, 2.45) is 0 Å². The summed E-state index contributed by atoms with van der Waals surface area (Å²) in [6.07, 6.45) is 3.40. The Morgan fingerprint density at radius 1 is 1.19 bits per heavy atom. The van der Waals surface area contributed by atoms with Gasteiger partial charge in [0.25, 0.3) is 5.91 Å². The highest BCUT2D eigenvalue weighted by atomic mass is 35.5. The second-order valence-corrected chi connectivity index (χ2v) is 6.34. The Bertz CT molecular complexity index is 956. The lowest BCUT2D eigenvalue weighted by Crippen LogP contribution is -2.16. The average Bonchev–Trinajstić information content (AvgIpc) is 3.10. The molecule has 0 spiro atoms. The molecular formula is C18H16ClN5O2. The topological polar surface area (TPSA) is 81.9 Å². The lowest BCUT2D eigenvalue weighted by atomic mass is 10.2. The van der Waals surface area contributed by atoms with E-state index in [-0.39, 0.29) is 5.91 Å². The molecule has 8 heteroatoms. The van der Waals surface area contributed by atoms with Crippen LogP contribution in [0.4, 0.5) is 5.82 Å². The van der Waals surface area contributed by atoms with Crippen molar-refractivity contribution in [1.29, 1.82) is 0 Å². The van der Waals surface area contributed by atoms with Gasteiger partial charge in [0.05, 0.1) is 12.2 Å². The molecule has 1 aliphatic heterocycles. The zero-order chi connectivity index (χ0) is 17.9. The highest BCUT2D eigenvalue weighted by Crippen LogP contribution is 2.25. The summed E-state index contributed by atoms with van der Waals surface area (Å²) < 4.78 is 7.75. The molecule has 3 aromatic rings. The van der Waals surface area contributed by atoms with E-state index in [0.29, 0.717) is 40.3 Å². The van der Waals surface area contributed by atoms with E-state index in [0.717, 1.165) is 19.4 Å². The second kappa shape index (κ2) is 7.13. The Balaban J connectivity index is 1.74. The van der Waals surface area contributed by atoms with Crippen molar-refractivity contribution in [2.45, 2.75) is 19.4 Å². The van der Waals surface area contributed by atoms with E-state index in [1.165, 1.54) is 0 Å². The molecule has 7 nitrogen and oxygen atoms in total. The van der Waals surface area contributed by atoms with Gasteiger partial charge in [-0.25, -0.2) is 4.98 Å². The number of pyridine rings is 1. The van der Waals surface area contributed by atoms with Crippen molar-refractivity contribution in [3.05, 3.63) is 53.3 Å². The first kappa shape index (κ1) is 16.5. The molecule has 0 fully saturated rings. The summed E-state index contributed by atoms with van der Waals surface area (Å²) in [5.74, 6) is 1.27. The van der Waals surface area contributed by atoms with Gasteiger partial charge in [-0.3, -0.25) is 4.79 Å². The Labute approximate surface area is 155 Å². The van der Waals surface area contributed by atoms with Gasteiger partial charge in [0.2, 0.25) is 0 Å². The molecule has 26 heavy (non-hydrogen) atoms. The van der Waals surface area contributed by atoms with Gasteiger partial charge in [0.15, 0.2) is 5.82 Å². The summed E-state index contributed by atoms with van der Waals surface area (Å²) in [5.41, 5.74) is 1.03. The third-order valence-electron chi connectivity index (χ3n) is 4.07. The van der Waals surface area contributed by atoms with Gasteiger partial charge >= 0.3 is 0 Å². The van der Waals surface area contributed by atoms with Gasteiger partial charge in [-0.15, -0.1) is 10.2 Å². The Morgan fingerprint density at radius 3 is 3.04 bits per heavy atom. The van der Waals surface area contributed by atoms with Crippen molar-refractivity contribution >= 4 is 23.3 Å². The molecule has 0 aliphatic carbocycles. The second-order valence-electron chi connectivity index (χ2n) is 5.91. The summed E-state index contributed by atoms with van der Waals surface area (Å²) in [4.78, 5) is 17.2. The van der Waals surface area contributed by atoms with Crippen LogP contribution in [0.15, 0.2) is 42.7 Å². The van der Waals surface area contributed by atoms with Crippen LogP contribution in [0, 0.1) is 0 Å². The molecule has 132 valence electrons. The first-order valence-corrected chi connectivity index (χ1v) is 8.67. The molecule has 1 aromatic carbocycles. The third kappa shape index (κ3) is 3.39. The fraction of sp³-hybridized carbons (Fsp3) is 0.222. The van der Waals surface area contributed by atoms with E-state index in [1.54, 1.807) is 30.6 Å². The van der Waals surface area contributed by atoms with Crippen molar-refractivity contribution in [3.8, 4) is 17.3 Å². The Hall–Kier alpha value is -2.93. The van der Waals surface area contributed by atoms with Crippen LogP contribution in [0.1, 0.15) is 23.2 Å². The molecule has 0 saturated carbocycles. The number of amides is 1. The molecule has 1 amide bonds. The van der Waals surface area contributed by atoms with Crippen LogP contribution in [0.25, 0.3) is 11.5 Å². The molecule has 2 aromatic heterocycles. The Morgan fingerprint density at radius 2 is 2.12 bits per heavy atom. The molecule has 0 saturated heterocycles. The normalized spacial score (nSPS) is 14.4. The number of aryl methyl sites for hydroxylation is 1. The number of nitrogens with one attached hydrogen (secondary N) is 1. The molecule has 2 bridgehead atoms. The number of halogens is 1. The van der Waals surface area contributed by atoms with E-state index < -0.39 is 0 Å². The maximum atomic E-state index is 12.7. The fourth-order valence-corrected chi connectivity index (χ4v) is 2.97. The minimum atomic E-state index is -0.328. The van der Waals surface area contributed by atoms with Crippen LogP contribution in [-0.2, 0) is 6.54 Å². The van der Waals surface area contributed by atoms with Gasteiger partial charge in [0, 0.05) is 11.6 Å². The first-order chi connectivity index (χ1) is 12.7. The minimum Gasteiger partial charge on any atom is -0.493 e. The monoisotopic (exact) mass is 369 g/mol. The van der Waals surface area contributed by atoms with Crippen molar-refractivity contribution in [3.63, 3.8) is 0 Å². The van der Waals surface area contributed by atoms with Crippen molar-refractivity contribution < 1.29 is 9.53 Å². The number of carbonyl (C=O) groups excluding carboxylic acids is 1. The minimum absolute atomic E-state index is 0.328. The maximum absolute atomic E-state index is 12.7. The van der Waals surface area contributed by atoms with Crippen LogP contribution in [0.3, 0.4) is 0 Å². The molecule has 0 radical (unpaired) electrons. The van der Waals surface area contributed by atoms with E-state index in [1.807, 2.05) is 16.7 Å². The summed E-state index contributed by atoms with van der Waals surface area (Å²) >= 11 is 6.06. The highest BCUT2D eigenvalue weighted by Gasteiger charge is 2.16. The number of hydrogen-bond acceptors (Lipinski definition) is 5. The molecule has 3 heterocycles. The standard InChI is InChI=1S/C18H16ClN5O2/c19-12-6-7-15-13(10-12)18(25)22-16-5-3-4-14(21-16)17-23-20-11-24(17)8-1-2-9-26-15/h3-7,10-11H,1-2,8-9H2,(H,21,22,25). The Kier molecular flexibility index (Phi) is 4.53. The summed E-state index contributed by atoms with van der Waals surface area (Å²) in [6, 6.07) is 10.4. The van der Waals surface area contributed by atoms with Crippen LogP contribution in [0.2, 0.25) is 5.02 Å². The number of carbonyl (C=O) groups is 1.